The van der Waals surface area contributed by atoms with Gasteiger partial charge in [-0.25, -0.2) is 9.44 Å². The van der Waals surface area contributed by atoms with Crippen molar-refractivity contribution in [2.24, 2.45) is 0 Å². The van der Waals surface area contributed by atoms with E-state index in [4.69, 9.17) is 28.4 Å². The summed E-state index contributed by atoms with van der Waals surface area (Å²) in [5, 5.41) is 0. The van der Waals surface area contributed by atoms with Gasteiger partial charge in [-0.1, -0.05) is 0 Å². The van der Waals surface area contributed by atoms with Crippen molar-refractivity contribution in [2.45, 2.75) is 130 Å². The summed E-state index contributed by atoms with van der Waals surface area (Å²) in [7, 11) is -6.30. The highest BCUT2D eigenvalue weighted by Gasteiger charge is 2.41. The summed E-state index contributed by atoms with van der Waals surface area (Å²) in [4.78, 5) is 51.7. The van der Waals surface area contributed by atoms with Crippen molar-refractivity contribution in [1.82, 2.24) is 18.1 Å². The predicted molar refractivity (Wildman–Crippen MR) is 191 cm³/mol. The zero-order valence-electron chi connectivity index (χ0n) is 33.2. The summed E-state index contributed by atoms with van der Waals surface area (Å²) < 4.78 is 90.5. The van der Waals surface area contributed by atoms with Crippen LogP contribution in [0.25, 0.3) is 0 Å². The summed E-state index contributed by atoms with van der Waals surface area (Å²) in [5.41, 5.74) is -3.77. The highest BCUT2D eigenvalue weighted by molar-refractivity contribution is 7.87. The molecule has 0 aliphatic carbocycles. The van der Waals surface area contributed by atoms with Gasteiger partial charge in [-0.2, -0.15) is 25.4 Å². The molecule has 20 heteroatoms. The van der Waals surface area contributed by atoms with E-state index in [0.29, 0.717) is 0 Å². The Balaban J connectivity index is 5.75. The average Bonchev–Trinajstić information content (AvgIpc) is 2.92. The highest BCUT2D eigenvalue weighted by Crippen LogP contribution is 2.20. The van der Waals surface area contributed by atoms with Gasteiger partial charge in [0.25, 0.3) is 20.4 Å². The molecule has 306 valence electrons. The number of nitrogens with one attached hydrogen (secondary N) is 2. The quantitative estimate of drug-likeness (QED) is 0.0955. The van der Waals surface area contributed by atoms with Gasteiger partial charge in [-0.05, 0) is 83.1 Å². The first-order valence-electron chi connectivity index (χ1n) is 16.8. The second-order valence-corrected chi connectivity index (χ2v) is 19.2. The van der Waals surface area contributed by atoms with Crippen molar-refractivity contribution >= 4 is 44.3 Å². The van der Waals surface area contributed by atoms with Gasteiger partial charge in [-0.15, -0.1) is 0 Å². The first kappa shape index (κ1) is 49.5. The van der Waals surface area contributed by atoms with Gasteiger partial charge in [0.15, 0.2) is 0 Å². The summed E-state index contributed by atoms with van der Waals surface area (Å²) >= 11 is 0. The molecule has 18 nitrogen and oxygen atoms in total. The molecule has 0 amide bonds. The molecule has 52 heavy (non-hydrogen) atoms. The smallest absolute Gasteiger partial charge is 0.325 e. The molecule has 0 aliphatic rings. The molecule has 0 aromatic rings. The Morgan fingerprint density at radius 3 is 1.00 bits per heavy atom. The molecular weight excluding hydrogens is 728 g/mol. The molecule has 0 aromatic heterocycles. The second-order valence-electron chi connectivity index (χ2n) is 15.5. The molecule has 0 aromatic carbocycles. The summed E-state index contributed by atoms with van der Waals surface area (Å²) in [6, 6.07) is -3.16. The summed E-state index contributed by atoms with van der Waals surface area (Å²) in [6.07, 6.45) is -1.25. The van der Waals surface area contributed by atoms with Crippen molar-refractivity contribution in [2.75, 3.05) is 53.6 Å². The Hall–Kier alpha value is -2.46. The fraction of sp³-hybridized carbons (Fsp3) is 0.875. The topological polar surface area (TPSA) is 222 Å². The Bertz CT molecular complexity index is 1290. The average molecular weight is 791 g/mol. The van der Waals surface area contributed by atoms with Crippen LogP contribution in [0.4, 0.5) is 0 Å². The first-order chi connectivity index (χ1) is 23.3. The third-order valence-corrected chi connectivity index (χ3v) is 9.17. The molecule has 0 bridgehead atoms. The van der Waals surface area contributed by atoms with Crippen molar-refractivity contribution in [3.05, 3.63) is 0 Å². The van der Waals surface area contributed by atoms with Crippen LogP contribution < -0.4 is 9.44 Å². The van der Waals surface area contributed by atoms with E-state index in [0.717, 1.165) is 22.7 Å². The van der Waals surface area contributed by atoms with E-state index in [1.54, 1.807) is 83.1 Å². The van der Waals surface area contributed by atoms with Crippen LogP contribution in [-0.2, 0) is 68.0 Å². The van der Waals surface area contributed by atoms with Crippen LogP contribution in [0.3, 0.4) is 0 Å². The van der Waals surface area contributed by atoms with E-state index >= 15 is 0 Å². The lowest BCUT2D eigenvalue weighted by molar-refractivity contribution is -0.167. The Morgan fingerprint density at radius 2 is 0.769 bits per heavy atom. The van der Waals surface area contributed by atoms with E-state index in [-0.39, 0.29) is 39.5 Å². The van der Waals surface area contributed by atoms with Gasteiger partial charge < -0.3 is 28.4 Å². The molecule has 0 fully saturated rings. The summed E-state index contributed by atoms with van der Waals surface area (Å²) in [6.45, 7) is 18.0. The van der Waals surface area contributed by atoms with Crippen LogP contribution in [0, 0.1) is 0 Å². The van der Waals surface area contributed by atoms with Crippen LogP contribution >= 0.6 is 0 Å². The van der Waals surface area contributed by atoms with Crippen LogP contribution in [0.2, 0.25) is 0 Å². The first-order valence-corrected chi connectivity index (χ1v) is 19.7. The number of carbonyl (C=O) groups excluding carboxylic acids is 4. The van der Waals surface area contributed by atoms with Crippen molar-refractivity contribution < 1.29 is 64.4 Å². The molecule has 2 N–H and O–H groups in total. The van der Waals surface area contributed by atoms with Gasteiger partial charge in [-0.3, -0.25) is 19.2 Å². The van der Waals surface area contributed by atoms with E-state index in [2.05, 4.69) is 9.44 Å². The molecule has 0 spiro atoms. The number of nitrogens with zero attached hydrogens (tertiary/aromatic N) is 2. The molecule has 2 atom stereocenters. The molecule has 0 saturated heterocycles. The SMILES string of the molecule is CNS(=O)(=O)N(CCOCCOCCN(C(CC(=O)OC(C)(C)C)C(=O)OC(C)(C)C)S(=O)(=O)NC)C(CC(=O)OC(C)(C)C)C(=O)OC(C)(C)C. The van der Waals surface area contributed by atoms with Crippen molar-refractivity contribution in [1.29, 1.82) is 0 Å². The lowest BCUT2D eigenvalue weighted by Crippen LogP contribution is -2.53. The van der Waals surface area contributed by atoms with Crippen molar-refractivity contribution in [3.63, 3.8) is 0 Å². The fourth-order valence-corrected chi connectivity index (χ4v) is 6.27. The summed E-state index contributed by atoms with van der Waals surface area (Å²) in [5.74, 6) is -3.55. The zero-order chi connectivity index (χ0) is 40.9. The molecule has 0 aliphatic heterocycles. The largest absolute Gasteiger partial charge is 0.460 e. The third kappa shape index (κ3) is 20.7. The van der Waals surface area contributed by atoms with Gasteiger partial charge >= 0.3 is 23.9 Å². The Kier molecular flexibility index (Phi) is 19.3. The lowest BCUT2D eigenvalue weighted by atomic mass is 10.1. The molecule has 0 radical (unpaired) electrons. The Labute approximate surface area is 310 Å². The monoisotopic (exact) mass is 790 g/mol. The van der Waals surface area contributed by atoms with Gasteiger partial charge in [0.2, 0.25) is 0 Å². The zero-order valence-corrected chi connectivity index (χ0v) is 34.9. The van der Waals surface area contributed by atoms with E-state index in [1.165, 1.54) is 0 Å². The normalized spacial score (nSPS) is 14.5. The number of ether oxygens (including phenoxy) is 6. The molecular formula is C32H62N4O14S2. The number of esters is 4. The van der Waals surface area contributed by atoms with Gasteiger partial charge in [0.1, 0.15) is 34.5 Å². The number of rotatable bonds is 21. The van der Waals surface area contributed by atoms with Crippen LogP contribution in [0.5, 0.6) is 0 Å². The Morgan fingerprint density at radius 1 is 0.500 bits per heavy atom. The van der Waals surface area contributed by atoms with E-state index < -0.39 is 91.6 Å². The maximum Gasteiger partial charge on any atom is 0.325 e. The third-order valence-electron chi connectivity index (χ3n) is 6.03. The lowest BCUT2D eigenvalue weighted by Gasteiger charge is -2.32. The second kappa shape index (κ2) is 20.3. The number of carbonyl (C=O) groups is 4. The van der Waals surface area contributed by atoms with Crippen LogP contribution in [0.15, 0.2) is 0 Å². The van der Waals surface area contributed by atoms with Gasteiger partial charge in [0.05, 0.1) is 39.3 Å². The van der Waals surface area contributed by atoms with Gasteiger partial charge in [0, 0.05) is 27.2 Å². The molecule has 0 heterocycles. The molecule has 2 unspecified atom stereocenters. The van der Waals surface area contributed by atoms with Crippen LogP contribution in [-0.4, -0.2) is 137 Å². The van der Waals surface area contributed by atoms with Crippen LogP contribution in [0.1, 0.15) is 95.9 Å². The van der Waals surface area contributed by atoms with E-state index in [1.807, 2.05) is 0 Å². The minimum Gasteiger partial charge on any atom is -0.460 e. The maximum absolute atomic E-state index is 13.2. The molecule has 0 saturated carbocycles. The molecule has 0 rings (SSSR count). The maximum atomic E-state index is 13.2. The minimum absolute atomic E-state index is 0.0945. The standard InChI is InChI=1S/C32H62N4O14S2/c1-29(2,3)47-25(37)21-23(27(39)49-31(7,8)9)35(51(41,42)33-13)15-17-45-19-20-46-18-16-36(52(43,44)34-14)24(28(40)50-32(10,11)12)22-26(38)48-30(4,5)6/h23-24,33-34H,15-22H2,1-14H3. The fourth-order valence-electron chi connectivity index (χ4n) is 4.18. The predicted octanol–water partition coefficient (Wildman–Crippen LogP) is 1.44. The highest BCUT2D eigenvalue weighted by atomic mass is 32.2. The number of hydrogen-bond donors (Lipinski definition) is 2. The van der Waals surface area contributed by atoms with Crippen molar-refractivity contribution in [3.8, 4) is 0 Å². The minimum atomic E-state index is -4.30. The number of hydrogen-bond acceptors (Lipinski definition) is 14. The van der Waals surface area contributed by atoms with E-state index in [9.17, 15) is 36.0 Å².